The molecule has 1 atom stereocenters. The molecule has 1 rings (SSSR count). The Balaban J connectivity index is 3.17. The van der Waals surface area contributed by atoms with Crippen molar-refractivity contribution in [1.82, 2.24) is 5.32 Å². The van der Waals surface area contributed by atoms with Crippen molar-refractivity contribution in [2.24, 2.45) is 0 Å². The van der Waals surface area contributed by atoms with E-state index < -0.39 is 48.0 Å². The van der Waals surface area contributed by atoms with E-state index in [1.54, 1.807) is 26.1 Å². The van der Waals surface area contributed by atoms with Gasteiger partial charge in [-0.25, -0.2) is 9.18 Å². The number of nitrogens with one attached hydrogen (secondary N) is 3. The van der Waals surface area contributed by atoms with Crippen LogP contribution in [0.5, 0.6) is 0 Å². The largest absolute Gasteiger partial charge is 0.444 e. The van der Waals surface area contributed by atoms with Crippen LogP contribution in [-0.2, 0) is 14.3 Å². The topological polar surface area (TPSA) is 96.5 Å². The molecule has 162 valence electrons. The number of carbonyl (C=O) groups excluding carboxylic acids is 3. The Morgan fingerprint density at radius 1 is 1.07 bits per heavy atom. The minimum Gasteiger partial charge on any atom is -0.444 e. The molecular formula is C18H23F4N3O4. The summed E-state index contributed by atoms with van der Waals surface area (Å²) in [6.07, 6.45) is -5.56. The molecule has 0 heterocycles. The van der Waals surface area contributed by atoms with Crippen LogP contribution in [0.2, 0.25) is 0 Å². The second-order valence-electron chi connectivity index (χ2n) is 7.28. The van der Waals surface area contributed by atoms with Crippen molar-refractivity contribution in [1.29, 1.82) is 0 Å². The summed E-state index contributed by atoms with van der Waals surface area (Å²) < 4.78 is 56.4. The van der Waals surface area contributed by atoms with E-state index in [1.165, 1.54) is 6.92 Å². The number of anilines is 2. The highest BCUT2D eigenvalue weighted by atomic mass is 19.4. The minimum atomic E-state index is -4.61. The van der Waals surface area contributed by atoms with Crippen LogP contribution in [0.25, 0.3) is 0 Å². The van der Waals surface area contributed by atoms with E-state index >= 15 is 0 Å². The normalized spacial score (nSPS) is 12.7. The Bertz CT molecular complexity index is 789. The van der Waals surface area contributed by atoms with E-state index in [1.807, 2.05) is 0 Å². The smallest absolute Gasteiger partial charge is 0.412 e. The number of amides is 3. The molecule has 29 heavy (non-hydrogen) atoms. The van der Waals surface area contributed by atoms with Crippen molar-refractivity contribution < 1.29 is 36.7 Å². The Hall–Kier alpha value is -2.85. The number of benzene rings is 1. The van der Waals surface area contributed by atoms with Crippen molar-refractivity contribution in [3.8, 4) is 0 Å². The maximum atomic E-state index is 14.5. The van der Waals surface area contributed by atoms with Crippen molar-refractivity contribution in [2.45, 2.75) is 52.3 Å². The SMILES string of the molecule is CC(=O)Nc1cc(NC(=O)OC(C)(C)C)c(F)cc1C(C)C(=O)NCC(F)(F)F. The summed E-state index contributed by atoms with van der Waals surface area (Å²) in [6.45, 7) is 5.68. The second kappa shape index (κ2) is 9.10. The monoisotopic (exact) mass is 421 g/mol. The zero-order valence-electron chi connectivity index (χ0n) is 16.6. The number of halogens is 4. The molecule has 0 aromatic heterocycles. The van der Waals surface area contributed by atoms with Gasteiger partial charge in [0, 0.05) is 12.6 Å². The molecule has 1 unspecified atom stereocenters. The van der Waals surface area contributed by atoms with Crippen LogP contribution >= 0.6 is 0 Å². The summed E-state index contributed by atoms with van der Waals surface area (Å²) in [4.78, 5) is 35.3. The maximum Gasteiger partial charge on any atom is 0.412 e. The van der Waals surface area contributed by atoms with Crippen molar-refractivity contribution in [3.05, 3.63) is 23.5 Å². The summed E-state index contributed by atoms with van der Waals surface area (Å²) in [5.41, 5.74) is -1.28. The molecule has 0 fully saturated rings. The van der Waals surface area contributed by atoms with E-state index in [4.69, 9.17) is 4.74 Å². The molecule has 0 saturated carbocycles. The van der Waals surface area contributed by atoms with E-state index in [0.29, 0.717) is 0 Å². The van der Waals surface area contributed by atoms with Gasteiger partial charge < -0.3 is 15.4 Å². The average molecular weight is 421 g/mol. The fourth-order valence-electron chi connectivity index (χ4n) is 2.24. The van der Waals surface area contributed by atoms with Gasteiger partial charge in [-0.15, -0.1) is 0 Å². The molecule has 1 aromatic carbocycles. The number of hydrogen-bond acceptors (Lipinski definition) is 4. The van der Waals surface area contributed by atoms with Gasteiger partial charge in [0.15, 0.2) is 0 Å². The standard InChI is InChI=1S/C18H23F4N3O4/c1-9(15(27)23-8-18(20,21)22)11-6-12(19)14(7-13(11)24-10(2)26)25-16(28)29-17(3,4)5/h6-7,9H,8H2,1-5H3,(H,23,27)(H,24,26)(H,25,28). The minimum absolute atomic E-state index is 0.0420. The highest BCUT2D eigenvalue weighted by Gasteiger charge is 2.30. The molecule has 7 nitrogen and oxygen atoms in total. The van der Waals surface area contributed by atoms with Gasteiger partial charge in [0.2, 0.25) is 11.8 Å². The van der Waals surface area contributed by atoms with Gasteiger partial charge in [0.05, 0.1) is 11.6 Å². The number of hydrogen-bond donors (Lipinski definition) is 3. The Morgan fingerprint density at radius 3 is 2.14 bits per heavy atom. The van der Waals surface area contributed by atoms with E-state index in [9.17, 15) is 31.9 Å². The van der Waals surface area contributed by atoms with E-state index in [-0.39, 0.29) is 16.9 Å². The van der Waals surface area contributed by atoms with Crippen LogP contribution in [0.3, 0.4) is 0 Å². The molecular weight excluding hydrogens is 398 g/mol. The molecule has 0 radical (unpaired) electrons. The van der Waals surface area contributed by atoms with E-state index in [2.05, 4.69) is 10.6 Å². The highest BCUT2D eigenvalue weighted by molar-refractivity contribution is 5.94. The lowest BCUT2D eigenvalue weighted by molar-refractivity contribution is -0.139. The molecule has 0 aliphatic heterocycles. The van der Waals surface area contributed by atoms with Crippen LogP contribution < -0.4 is 16.0 Å². The van der Waals surface area contributed by atoms with Gasteiger partial charge in [0.1, 0.15) is 18.0 Å². The molecule has 11 heteroatoms. The van der Waals surface area contributed by atoms with Crippen molar-refractivity contribution >= 4 is 29.3 Å². The van der Waals surface area contributed by atoms with Gasteiger partial charge in [-0.1, -0.05) is 0 Å². The lowest BCUT2D eigenvalue weighted by Crippen LogP contribution is -2.36. The molecule has 0 bridgehead atoms. The van der Waals surface area contributed by atoms with E-state index in [0.717, 1.165) is 19.1 Å². The average Bonchev–Trinajstić information content (AvgIpc) is 2.51. The first-order chi connectivity index (χ1) is 13.1. The fourth-order valence-corrected chi connectivity index (χ4v) is 2.24. The molecule has 0 aliphatic rings. The third kappa shape index (κ3) is 8.36. The predicted octanol–water partition coefficient (Wildman–Crippen LogP) is 3.91. The third-order valence-electron chi connectivity index (χ3n) is 3.41. The number of carbonyl (C=O) groups is 3. The maximum absolute atomic E-state index is 14.5. The molecule has 3 N–H and O–H groups in total. The molecule has 0 spiro atoms. The third-order valence-corrected chi connectivity index (χ3v) is 3.41. The summed E-state index contributed by atoms with van der Waals surface area (Å²) in [6, 6.07) is 1.92. The van der Waals surface area contributed by atoms with Gasteiger partial charge in [-0.3, -0.25) is 14.9 Å². The van der Waals surface area contributed by atoms with Crippen molar-refractivity contribution in [3.63, 3.8) is 0 Å². The summed E-state index contributed by atoms with van der Waals surface area (Å²) in [7, 11) is 0. The van der Waals surface area contributed by atoms with Gasteiger partial charge in [0.25, 0.3) is 0 Å². The fraction of sp³-hybridized carbons (Fsp3) is 0.500. The summed E-state index contributed by atoms with van der Waals surface area (Å²) in [5, 5.41) is 6.26. The van der Waals surface area contributed by atoms with Crippen molar-refractivity contribution in [2.75, 3.05) is 17.2 Å². The molecule has 3 amide bonds. The lowest BCUT2D eigenvalue weighted by Gasteiger charge is -2.21. The summed E-state index contributed by atoms with van der Waals surface area (Å²) in [5.74, 6) is -3.76. The predicted molar refractivity (Wildman–Crippen MR) is 98.0 cm³/mol. The van der Waals surface area contributed by atoms with Gasteiger partial charge >= 0.3 is 12.3 Å². The lowest BCUT2D eigenvalue weighted by atomic mass is 9.97. The Labute approximate surface area is 165 Å². The number of ether oxygens (including phenoxy) is 1. The first kappa shape index (κ1) is 24.2. The molecule has 0 aliphatic carbocycles. The molecule has 1 aromatic rings. The zero-order chi connectivity index (χ0) is 22.6. The van der Waals surface area contributed by atoms with Gasteiger partial charge in [-0.05, 0) is 45.4 Å². The number of alkyl halides is 3. The van der Waals surface area contributed by atoms with Crippen LogP contribution in [0, 0.1) is 5.82 Å². The summed E-state index contributed by atoms with van der Waals surface area (Å²) >= 11 is 0. The molecule has 0 saturated heterocycles. The van der Waals surface area contributed by atoms with Crippen LogP contribution in [-0.4, -0.2) is 36.2 Å². The second-order valence-corrected chi connectivity index (χ2v) is 7.28. The Morgan fingerprint density at radius 2 is 1.66 bits per heavy atom. The highest BCUT2D eigenvalue weighted by Crippen LogP contribution is 2.31. The zero-order valence-corrected chi connectivity index (χ0v) is 16.6. The first-order valence-electron chi connectivity index (χ1n) is 8.54. The quantitative estimate of drug-likeness (QED) is 0.628. The number of rotatable bonds is 5. The Kier molecular flexibility index (Phi) is 7.59. The van der Waals surface area contributed by atoms with Gasteiger partial charge in [-0.2, -0.15) is 13.2 Å². The first-order valence-corrected chi connectivity index (χ1v) is 8.54. The van der Waals surface area contributed by atoms with Crippen LogP contribution in [0.1, 0.15) is 46.1 Å². The van der Waals surface area contributed by atoms with Crippen LogP contribution in [0.15, 0.2) is 12.1 Å². The van der Waals surface area contributed by atoms with Crippen LogP contribution in [0.4, 0.5) is 33.7 Å².